The molecule has 27 heavy (non-hydrogen) atoms. The van der Waals surface area contributed by atoms with Crippen LogP contribution in [0.15, 0.2) is 42.7 Å². The van der Waals surface area contributed by atoms with E-state index in [0.717, 1.165) is 50.4 Å². The Morgan fingerprint density at radius 2 is 2.15 bits per heavy atom. The average Bonchev–Trinajstić information content (AvgIpc) is 3.31. The first-order valence-electron chi connectivity index (χ1n) is 9.41. The van der Waals surface area contributed by atoms with Gasteiger partial charge in [0.05, 0.1) is 11.9 Å². The lowest BCUT2D eigenvalue weighted by Gasteiger charge is -2.32. The maximum Gasteiger partial charge on any atom is 0.271 e. The van der Waals surface area contributed by atoms with Crippen LogP contribution in [0.1, 0.15) is 40.4 Å². The molecule has 1 aromatic carbocycles. The molecule has 2 aromatic heterocycles. The predicted octanol–water partition coefficient (Wildman–Crippen LogP) is 2.45. The number of aryl methyl sites for hydroxylation is 1. The minimum atomic E-state index is 0.0312. The van der Waals surface area contributed by atoms with E-state index in [-0.39, 0.29) is 5.91 Å². The molecule has 3 aromatic rings. The number of rotatable bonds is 5. The summed E-state index contributed by atoms with van der Waals surface area (Å²) in [4.78, 5) is 21.7. The van der Waals surface area contributed by atoms with E-state index in [4.69, 9.17) is 0 Å². The fourth-order valence-corrected chi connectivity index (χ4v) is 3.68. The Morgan fingerprint density at radius 1 is 1.30 bits per heavy atom. The topological polar surface area (TPSA) is 79.7 Å². The van der Waals surface area contributed by atoms with Crippen LogP contribution < -0.4 is 0 Å². The maximum atomic E-state index is 12.6. The monoisotopic (exact) mass is 364 g/mol. The Labute approximate surface area is 158 Å². The summed E-state index contributed by atoms with van der Waals surface area (Å²) in [5, 5.41) is 8.59. The molecule has 1 amide bonds. The van der Waals surface area contributed by atoms with Crippen molar-refractivity contribution >= 4 is 5.91 Å². The van der Waals surface area contributed by atoms with Gasteiger partial charge in [-0.2, -0.15) is 0 Å². The lowest BCUT2D eigenvalue weighted by atomic mass is 9.98. The van der Waals surface area contributed by atoms with Crippen LogP contribution in [0, 0.1) is 12.8 Å². The maximum absolute atomic E-state index is 12.6. The summed E-state index contributed by atoms with van der Waals surface area (Å²) in [7, 11) is 0. The van der Waals surface area contributed by atoms with Gasteiger partial charge in [-0.3, -0.25) is 9.48 Å². The van der Waals surface area contributed by atoms with Crippen molar-refractivity contribution in [2.75, 3.05) is 13.1 Å². The second kappa shape index (κ2) is 7.73. The van der Waals surface area contributed by atoms with Crippen LogP contribution in [0.4, 0.5) is 0 Å². The van der Waals surface area contributed by atoms with E-state index in [1.54, 1.807) is 6.20 Å². The Kier molecular flexibility index (Phi) is 5.00. The third-order valence-corrected chi connectivity index (χ3v) is 5.00. The molecule has 1 N–H and O–H groups in total. The lowest BCUT2D eigenvalue weighted by molar-refractivity contribution is 0.0654. The normalized spacial score (nSPS) is 17.2. The number of carbonyl (C=O) groups excluding carboxylic acids is 1. The molecular formula is C20H24N6O. The van der Waals surface area contributed by atoms with Gasteiger partial charge in [0.2, 0.25) is 0 Å². The van der Waals surface area contributed by atoms with E-state index in [2.05, 4.69) is 32.4 Å². The van der Waals surface area contributed by atoms with Gasteiger partial charge in [-0.1, -0.05) is 35.5 Å². The minimum absolute atomic E-state index is 0.0312. The van der Waals surface area contributed by atoms with Gasteiger partial charge in [0, 0.05) is 32.3 Å². The first-order valence-corrected chi connectivity index (χ1v) is 9.41. The van der Waals surface area contributed by atoms with Crippen molar-refractivity contribution in [3.05, 3.63) is 65.5 Å². The van der Waals surface area contributed by atoms with Crippen molar-refractivity contribution in [2.24, 2.45) is 5.92 Å². The highest BCUT2D eigenvalue weighted by molar-refractivity contribution is 5.92. The fraction of sp³-hybridized carbons (Fsp3) is 0.400. The molecule has 1 unspecified atom stereocenters. The first-order chi connectivity index (χ1) is 13.2. The number of amides is 1. The summed E-state index contributed by atoms with van der Waals surface area (Å²) < 4.78 is 1.91. The molecule has 3 heterocycles. The number of H-pyrrole nitrogens is 1. The third kappa shape index (κ3) is 4.24. The van der Waals surface area contributed by atoms with Gasteiger partial charge in [0.15, 0.2) is 0 Å². The molecule has 1 fully saturated rings. The largest absolute Gasteiger partial charge is 0.338 e. The van der Waals surface area contributed by atoms with Gasteiger partial charge in [-0.15, -0.1) is 5.10 Å². The molecule has 0 saturated carbocycles. The van der Waals surface area contributed by atoms with Gasteiger partial charge < -0.3 is 9.88 Å². The number of benzene rings is 1. The Bertz CT molecular complexity index is 900. The van der Waals surface area contributed by atoms with Gasteiger partial charge in [-0.25, -0.2) is 4.98 Å². The molecule has 0 aliphatic carbocycles. The van der Waals surface area contributed by atoms with Gasteiger partial charge in [0.1, 0.15) is 11.5 Å². The number of imidazole rings is 1. The summed E-state index contributed by atoms with van der Waals surface area (Å²) in [5.41, 5.74) is 2.77. The number of hydrogen-bond acceptors (Lipinski definition) is 4. The molecule has 7 heteroatoms. The number of nitrogens with zero attached hydrogens (tertiary/aromatic N) is 5. The van der Waals surface area contributed by atoms with Crippen LogP contribution in [0.25, 0.3) is 0 Å². The third-order valence-electron chi connectivity index (χ3n) is 5.00. The van der Waals surface area contributed by atoms with Gasteiger partial charge >= 0.3 is 0 Å². The SMILES string of the molecule is Cc1ncc(C(=O)N2CCCC(Cn3cc(Cc4ccccc4)nn3)C2)[nH]1. The minimum Gasteiger partial charge on any atom is -0.338 e. The van der Waals surface area contributed by atoms with Crippen LogP contribution in [0.3, 0.4) is 0 Å². The molecule has 1 saturated heterocycles. The van der Waals surface area contributed by atoms with Crippen LogP contribution in [-0.2, 0) is 13.0 Å². The summed E-state index contributed by atoms with van der Waals surface area (Å²) in [5.74, 6) is 1.18. The molecule has 1 aliphatic rings. The number of carbonyl (C=O) groups is 1. The van der Waals surface area contributed by atoms with Crippen LogP contribution >= 0.6 is 0 Å². The summed E-state index contributed by atoms with van der Waals surface area (Å²) in [6, 6.07) is 10.3. The van der Waals surface area contributed by atoms with Gasteiger partial charge in [-0.05, 0) is 31.2 Å². The molecule has 0 bridgehead atoms. The smallest absolute Gasteiger partial charge is 0.271 e. The molecular weight excluding hydrogens is 340 g/mol. The predicted molar refractivity (Wildman–Crippen MR) is 101 cm³/mol. The average molecular weight is 364 g/mol. The van der Waals surface area contributed by atoms with Crippen LogP contribution in [0.2, 0.25) is 0 Å². The summed E-state index contributed by atoms with van der Waals surface area (Å²) in [6.45, 7) is 4.18. The number of hydrogen-bond donors (Lipinski definition) is 1. The Balaban J connectivity index is 1.36. The summed E-state index contributed by atoms with van der Waals surface area (Å²) in [6.07, 6.45) is 6.53. The highest BCUT2D eigenvalue weighted by Gasteiger charge is 2.26. The number of aromatic amines is 1. The zero-order valence-corrected chi connectivity index (χ0v) is 15.5. The van der Waals surface area contributed by atoms with Crippen molar-refractivity contribution in [1.29, 1.82) is 0 Å². The highest BCUT2D eigenvalue weighted by Crippen LogP contribution is 2.20. The zero-order chi connectivity index (χ0) is 18.6. The number of piperidine rings is 1. The number of aromatic nitrogens is 5. The standard InChI is InChI=1S/C20H24N6O/c1-15-21-11-19(22-15)20(27)25-9-5-8-17(12-25)13-26-14-18(23-24-26)10-16-6-3-2-4-7-16/h2-4,6-7,11,14,17H,5,8-10,12-13H2,1H3,(H,21,22). The Morgan fingerprint density at radius 3 is 2.93 bits per heavy atom. The molecule has 140 valence electrons. The molecule has 0 spiro atoms. The van der Waals surface area contributed by atoms with E-state index >= 15 is 0 Å². The van der Waals surface area contributed by atoms with Crippen molar-refractivity contribution in [2.45, 2.75) is 32.7 Å². The van der Waals surface area contributed by atoms with Crippen LogP contribution in [0.5, 0.6) is 0 Å². The first kappa shape index (κ1) is 17.5. The van der Waals surface area contributed by atoms with Crippen molar-refractivity contribution in [3.63, 3.8) is 0 Å². The number of nitrogens with one attached hydrogen (secondary N) is 1. The quantitative estimate of drug-likeness (QED) is 0.754. The second-order valence-electron chi connectivity index (χ2n) is 7.24. The number of likely N-dealkylation sites (tertiary alicyclic amines) is 1. The van der Waals surface area contributed by atoms with Crippen molar-refractivity contribution in [3.8, 4) is 0 Å². The van der Waals surface area contributed by atoms with E-state index in [1.165, 1.54) is 5.56 Å². The van der Waals surface area contributed by atoms with E-state index in [1.807, 2.05) is 40.9 Å². The summed E-state index contributed by atoms with van der Waals surface area (Å²) >= 11 is 0. The van der Waals surface area contributed by atoms with Crippen LogP contribution in [-0.4, -0.2) is 48.9 Å². The molecule has 7 nitrogen and oxygen atoms in total. The second-order valence-corrected chi connectivity index (χ2v) is 7.24. The van der Waals surface area contributed by atoms with E-state index < -0.39 is 0 Å². The zero-order valence-electron chi connectivity index (χ0n) is 15.5. The lowest BCUT2D eigenvalue weighted by Crippen LogP contribution is -2.41. The van der Waals surface area contributed by atoms with E-state index in [9.17, 15) is 4.79 Å². The fourth-order valence-electron chi connectivity index (χ4n) is 3.68. The van der Waals surface area contributed by atoms with Crippen molar-refractivity contribution < 1.29 is 4.79 Å². The Hall–Kier alpha value is -2.96. The molecule has 1 aliphatic heterocycles. The molecule has 1 atom stereocenters. The van der Waals surface area contributed by atoms with Crippen molar-refractivity contribution in [1.82, 2.24) is 29.9 Å². The molecule has 4 rings (SSSR count). The highest BCUT2D eigenvalue weighted by atomic mass is 16.2. The van der Waals surface area contributed by atoms with Gasteiger partial charge in [0.25, 0.3) is 5.91 Å². The van der Waals surface area contributed by atoms with E-state index in [0.29, 0.717) is 11.6 Å². The molecule has 0 radical (unpaired) electrons.